The average Bonchev–Trinajstić information content (AvgIpc) is 3.42. The van der Waals surface area contributed by atoms with E-state index in [0.29, 0.717) is 13.1 Å². The van der Waals surface area contributed by atoms with Gasteiger partial charge in [-0.25, -0.2) is 0 Å². The predicted molar refractivity (Wildman–Crippen MR) is 125 cm³/mol. The lowest BCUT2D eigenvalue weighted by Gasteiger charge is -2.36. The third-order valence-electron chi connectivity index (χ3n) is 5.72. The minimum absolute atomic E-state index is 0.116. The lowest BCUT2D eigenvalue weighted by Crippen LogP contribution is -2.48. The van der Waals surface area contributed by atoms with Crippen LogP contribution in [0.4, 0.5) is 5.69 Å². The Hall–Kier alpha value is -2.76. The van der Waals surface area contributed by atoms with Crippen molar-refractivity contribution in [2.24, 2.45) is 0 Å². The molecule has 0 aliphatic carbocycles. The largest absolute Gasteiger partial charge is 0.368 e. The summed E-state index contributed by atoms with van der Waals surface area (Å²) in [7, 11) is 0. The van der Waals surface area contributed by atoms with E-state index in [-0.39, 0.29) is 5.91 Å². The molecule has 4 nitrogen and oxygen atoms in total. The monoisotopic (exact) mass is 435 g/mol. The number of aromatic nitrogens is 1. The van der Waals surface area contributed by atoms with Crippen molar-refractivity contribution in [2.75, 3.05) is 31.1 Å². The quantitative estimate of drug-likeness (QED) is 0.418. The first-order valence-corrected chi connectivity index (χ1v) is 11.3. The van der Waals surface area contributed by atoms with Crippen molar-refractivity contribution in [1.82, 2.24) is 9.47 Å². The van der Waals surface area contributed by atoms with Crippen molar-refractivity contribution in [3.05, 3.63) is 82.3 Å². The predicted octanol–water partition coefficient (Wildman–Crippen LogP) is 5.62. The second kappa shape index (κ2) is 7.82. The number of thiophene rings is 1. The Kier molecular flexibility index (Phi) is 5.01. The highest BCUT2D eigenvalue weighted by molar-refractivity contribution is 7.16. The summed E-state index contributed by atoms with van der Waals surface area (Å²) in [5.41, 5.74) is 3.53. The number of rotatable bonds is 3. The van der Waals surface area contributed by atoms with Crippen LogP contribution in [-0.2, 0) is 0 Å². The van der Waals surface area contributed by atoms with Gasteiger partial charge in [-0.15, -0.1) is 11.3 Å². The highest BCUT2D eigenvalue weighted by Crippen LogP contribution is 2.28. The van der Waals surface area contributed by atoms with Gasteiger partial charge in [-0.3, -0.25) is 4.79 Å². The molecule has 0 atom stereocenters. The number of para-hydroxylation sites is 1. The van der Waals surface area contributed by atoms with Gasteiger partial charge in [-0.2, -0.15) is 0 Å². The van der Waals surface area contributed by atoms with E-state index in [0.717, 1.165) is 39.2 Å². The Morgan fingerprint density at radius 2 is 1.77 bits per heavy atom. The molecule has 2 aromatic heterocycles. The van der Waals surface area contributed by atoms with Gasteiger partial charge in [0.1, 0.15) is 5.00 Å². The normalized spacial score (nSPS) is 14.5. The number of carbonyl (C=O) groups is 1. The van der Waals surface area contributed by atoms with E-state index < -0.39 is 0 Å². The van der Waals surface area contributed by atoms with E-state index in [2.05, 4.69) is 40.8 Å². The lowest BCUT2D eigenvalue weighted by atomic mass is 10.1. The van der Waals surface area contributed by atoms with E-state index in [9.17, 15) is 4.79 Å². The van der Waals surface area contributed by atoms with Gasteiger partial charge < -0.3 is 14.4 Å². The first-order chi connectivity index (χ1) is 14.6. The molecular weight excluding hydrogens is 414 g/mol. The molecule has 0 bridgehead atoms. The zero-order chi connectivity index (χ0) is 20.7. The number of piperazine rings is 1. The molecule has 30 heavy (non-hydrogen) atoms. The molecule has 5 rings (SSSR count). The van der Waals surface area contributed by atoms with E-state index >= 15 is 0 Å². The van der Waals surface area contributed by atoms with Gasteiger partial charge in [0, 0.05) is 43.1 Å². The zero-order valence-electron chi connectivity index (χ0n) is 16.7. The Bertz CT molecular complexity index is 1220. The Balaban J connectivity index is 1.30. The first kappa shape index (κ1) is 19.2. The van der Waals surface area contributed by atoms with Gasteiger partial charge in [0.25, 0.3) is 5.91 Å². The number of benzene rings is 2. The fraction of sp³-hybridized carbons (Fsp3) is 0.208. The standard InChI is InChI=1S/C24H22ClN3OS/c1-17-6-7-19(25)16-21(17)26-12-14-27(15-13-26)24(29)22-8-9-23(30-22)28-11-10-18-4-2-3-5-20(18)28/h2-11,16H,12-15H2,1H3. The summed E-state index contributed by atoms with van der Waals surface area (Å²) in [5.74, 6) is 0.116. The molecule has 1 amide bonds. The van der Waals surface area contributed by atoms with Crippen LogP contribution in [0.25, 0.3) is 15.9 Å². The average molecular weight is 436 g/mol. The minimum Gasteiger partial charge on any atom is -0.368 e. The number of carbonyl (C=O) groups excluding carboxylic acids is 1. The van der Waals surface area contributed by atoms with Crippen LogP contribution < -0.4 is 4.90 Å². The summed E-state index contributed by atoms with van der Waals surface area (Å²) in [6.45, 7) is 5.15. The van der Waals surface area contributed by atoms with Crippen molar-refractivity contribution in [1.29, 1.82) is 0 Å². The molecule has 0 saturated carbocycles. The number of halogens is 1. The van der Waals surface area contributed by atoms with Gasteiger partial charge >= 0.3 is 0 Å². The molecule has 0 radical (unpaired) electrons. The van der Waals surface area contributed by atoms with Crippen LogP contribution in [-0.4, -0.2) is 41.6 Å². The molecular formula is C24H22ClN3OS. The zero-order valence-corrected chi connectivity index (χ0v) is 18.3. The maximum atomic E-state index is 13.1. The number of nitrogens with zero attached hydrogens (tertiary/aromatic N) is 3. The molecule has 6 heteroatoms. The van der Waals surface area contributed by atoms with Gasteiger partial charge in [-0.1, -0.05) is 35.9 Å². The highest BCUT2D eigenvalue weighted by atomic mass is 35.5. The molecule has 0 spiro atoms. The van der Waals surface area contributed by atoms with Crippen LogP contribution in [0.2, 0.25) is 5.02 Å². The van der Waals surface area contributed by atoms with Crippen LogP contribution >= 0.6 is 22.9 Å². The van der Waals surface area contributed by atoms with E-state index in [1.807, 2.05) is 47.4 Å². The molecule has 4 aromatic rings. The minimum atomic E-state index is 0.116. The van der Waals surface area contributed by atoms with Crippen molar-refractivity contribution in [2.45, 2.75) is 6.92 Å². The van der Waals surface area contributed by atoms with Crippen molar-refractivity contribution >= 4 is 45.4 Å². The molecule has 0 unspecified atom stereocenters. The first-order valence-electron chi connectivity index (χ1n) is 10.1. The van der Waals surface area contributed by atoms with Crippen LogP contribution in [0.1, 0.15) is 15.2 Å². The number of hydrogen-bond donors (Lipinski definition) is 0. The summed E-state index contributed by atoms with van der Waals surface area (Å²) >= 11 is 7.73. The van der Waals surface area contributed by atoms with Crippen molar-refractivity contribution in [3.63, 3.8) is 0 Å². The van der Waals surface area contributed by atoms with Crippen LogP contribution in [0.5, 0.6) is 0 Å². The molecule has 2 aromatic carbocycles. The van der Waals surface area contributed by atoms with E-state index in [1.54, 1.807) is 11.3 Å². The van der Waals surface area contributed by atoms with Crippen molar-refractivity contribution < 1.29 is 4.79 Å². The SMILES string of the molecule is Cc1ccc(Cl)cc1N1CCN(C(=O)c2ccc(-n3ccc4ccccc43)s2)CC1. The molecule has 1 saturated heterocycles. The maximum absolute atomic E-state index is 13.1. The van der Waals surface area contributed by atoms with Gasteiger partial charge in [0.2, 0.25) is 0 Å². The fourth-order valence-electron chi connectivity index (χ4n) is 4.08. The summed E-state index contributed by atoms with van der Waals surface area (Å²) in [6.07, 6.45) is 2.07. The topological polar surface area (TPSA) is 28.5 Å². The summed E-state index contributed by atoms with van der Waals surface area (Å²) in [5, 5.41) is 3.01. The number of fused-ring (bicyclic) bond motifs is 1. The molecule has 1 aliphatic rings. The summed E-state index contributed by atoms with van der Waals surface area (Å²) in [6, 6.07) is 20.4. The smallest absolute Gasteiger partial charge is 0.264 e. The van der Waals surface area contributed by atoms with Gasteiger partial charge in [0.15, 0.2) is 0 Å². The lowest BCUT2D eigenvalue weighted by molar-refractivity contribution is 0.0751. The second-order valence-corrected chi connectivity index (χ2v) is 9.09. The van der Waals surface area contributed by atoms with Crippen LogP contribution in [0.15, 0.2) is 66.9 Å². The summed E-state index contributed by atoms with van der Waals surface area (Å²) in [4.78, 5) is 18.2. The fourth-order valence-corrected chi connectivity index (χ4v) is 5.21. The van der Waals surface area contributed by atoms with Gasteiger partial charge in [-0.05, 0) is 54.3 Å². The molecule has 1 fully saturated rings. The molecule has 3 heterocycles. The number of hydrogen-bond acceptors (Lipinski definition) is 3. The number of aryl methyl sites for hydroxylation is 1. The molecule has 0 N–H and O–H groups in total. The van der Waals surface area contributed by atoms with E-state index in [1.165, 1.54) is 10.9 Å². The third kappa shape index (κ3) is 3.48. The Morgan fingerprint density at radius 3 is 2.60 bits per heavy atom. The van der Waals surface area contributed by atoms with Crippen LogP contribution in [0, 0.1) is 6.92 Å². The number of amides is 1. The third-order valence-corrected chi connectivity index (χ3v) is 7.03. The van der Waals surface area contributed by atoms with Crippen molar-refractivity contribution in [3.8, 4) is 5.00 Å². The second-order valence-electron chi connectivity index (χ2n) is 7.59. The van der Waals surface area contributed by atoms with Gasteiger partial charge in [0.05, 0.1) is 10.4 Å². The summed E-state index contributed by atoms with van der Waals surface area (Å²) < 4.78 is 2.15. The Labute approximate surface area is 184 Å². The molecule has 1 aliphatic heterocycles. The number of anilines is 1. The maximum Gasteiger partial charge on any atom is 0.264 e. The molecule has 152 valence electrons. The Morgan fingerprint density at radius 1 is 0.967 bits per heavy atom. The van der Waals surface area contributed by atoms with Crippen LogP contribution in [0.3, 0.4) is 0 Å². The van der Waals surface area contributed by atoms with E-state index in [4.69, 9.17) is 11.6 Å². The highest BCUT2D eigenvalue weighted by Gasteiger charge is 2.24.